The van der Waals surface area contributed by atoms with Gasteiger partial charge in [-0.25, -0.2) is 0 Å². The topological polar surface area (TPSA) is 60.4 Å². The summed E-state index contributed by atoms with van der Waals surface area (Å²) in [6.07, 6.45) is 1.74. The lowest BCUT2D eigenvalue weighted by molar-refractivity contribution is 0.477. The summed E-state index contributed by atoms with van der Waals surface area (Å²) in [5, 5.41) is 14.4. The molecule has 0 unspecified atom stereocenters. The summed E-state index contributed by atoms with van der Waals surface area (Å²) in [5.41, 5.74) is 4.38. The van der Waals surface area contributed by atoms with Crippen LogP contribution in [0.4, 0.5) is 17.1 Å². The summed E-state index contributed by atoms with van der Waals surface area (Å²) < 4.78 is 0. The summed E-state index contributed by atoms with van der Waals surface area (Å²) in [6.45, 7) is 0. The van der Waals surface area contributed by atoms with E-state index < -0.39 is 0 Å². The number of aromatic hydroxyl groups is 1. The van der Waals surface area contributed by atoms with E-state index in [-0.39, 0.29) is 5.75 Å². The second-order valence-electron chi connectivity index (χ2n) is 5.70. The van der Waals surface area contributed by atoms with Crippen LogP contribution < -0.4 is 5.32 Å². The summed E-state index contributed by atoms with van der Waals surface area (Å²) in [4.78, 5) is 7.81. The maximum absolute atomic E-state index is 9.89. The van der Waals surface area contributed by atoms with Gasteiger partial charge in [0.05, 0.1) is 17.6 Å². The first-order valence-corrected chi connectivity index (χ1v) is 8.06. The number of rotatable bonds is 4. The van der Waals surface area contributed by atoms with Crippen molar-refractivity contribution in [3.63, 3.8) is 0 Å². The molecule has 25 heavy (non-hydrogen) atoms. The van der Waals surface area contributed by atoms with Crippen molar-refractivity contribution >= 4 is 34.2 Å². The van der Waals surface area contributed by atoms with Gasteiger partial charge in [0.25, 0.3) is 0 Å². The van der Waals surface area contributed by atoms with E-state index in [0.717, 1.165) is 28.0 Å². The molecule has 0 saturated carbocycles. The highest BCUT2D eigenvalue weighted by Crippen LogP contribution is 2.31. The Labute approximate surface area is 145 Å². The third kappa shape index (κ3) is 3.10. The Morgan fingerprint density at radius 3 is 2.40 bits per heavy atom. The molecule has 122 valence electrons. The van der Waals surface area contributed by atoms with Crippen LogP contribution in [0.3, 0.4) is 0 Å². The van der Waals surface area contributed by atoms with Gasteiger partial charge in [-0.3, -0.25) is 4.99 Å². The van der Waals surface area contributed by atoms with Crippen LogP contribution in [0.25, 0.3) is 10.9 Å². The van der Waals surface area contributed by atoms with Crippen LogP contribution >= 0.6 is 0 Å². The van der Waals surface area contributed by atoms with E-state index in [1.54, 1.807) is 24.4 Å². The zero-order valence-corrected chi connectivity index (χ0v) is 13.5. The Hall–Kier alpha value is -3.53. The number of anilines is 2. The largest absolute Gasteiger partial charge is 0.506 e. The van der Waals surface area contributed by atoms with Crippen molar-refractivity contribution in [1.82, 2.24) is 4.98 Å². The molecule has 0 saturated heterocycles. The molecule has 0 aliphatic rings. The molecule has 0 amide bonds. The number of para-hydroxylation sites is 4. The fourth-order valence-corrected chi connectivity index (χ4v) is 2.77. The van der Waals surface area contributed by atoms with Crippen LogP contribution in [0.5, 0.6) is 5.75 Å². The standard InChI is InChI=1S/C21H17N3O/c25-20-13-7-6-12-18(20)22-14-19-21(23-15-8-2-1-3-9-15)16-10-4-5-11-17(16)24-19/h1-14,23-25H. The van der Waals surface area contributed by atoms with E-state index in [4.69, 9.17) is 0 Å². The Morgan fingerprint density at radius 2 is 1.56 bits per heavy atom. The van der Waals surface area contributed by atoms with Gasteiger partial charge in [0.15, 0.2) is 0 Å². The number of phenols is 1. The smallest absolute Gasteiger partial charge is 0.141 e. The molecular weight excluding hydrogens is 310 g/mol. The summed E-state index contributed by atoms with van der Waals surface area (Å²) in [7, 11) is 0. The second-order valence-corrected chi connectivity index (χ2v) is 5.70. The number of aromatic nitrogens is 1. The van der Waals surface area contributed by atoms with Crippen molar-refractivity contribution in [2.24, 2.45) is 4.99 Å². The lowest BCUT2D eigenvalue weighted by atomic mass is 10.2. The Balaban J connectivity index is 1.78. The van der Waals surface area contributed by atoms with Gasteiger partial charge in [0.2, 0.25) is 0 Å². The first-order valence-electron chi connectivity index (χ1n) is 8.06. The van der Waals surface area contributed by atoms with E-state index in [1.807, 2.05) is 54.6 Å². The lowest BCUT2D eigenvalue weighted by Gasteiger charge is -2.06. The van der Waals surface area contributed by atoms with Crippen molar-refractivity contribution in [2.45, 2.75) is 0 Å². The monoisotopic (exact) mass is 327 g/mol. The number of H-pyrrole nitrogens is 1. The molecule has 1 heterocycles. The Bertz CT molecular complexity index is 1040. The normalized spacial score (nSPS) is 11.2. The molecule has 0 fully saturated rings. The molecule has 0 aliphatic carbocycles. The predicted molar refractivity (Wildman–Crippen MR) is 103 cm³/mol. The number of nitrogens with zero attached hydrogens (tertiary/aromatic N) is 1. The first kappa shape index (κ1) is 15.0. The molecule has 4 rings (SSSR count). The minimum absolute atomic E-state index is 0.160. The highest BCUT2D eigenvalue weighted by molar-refractivity contribution is 6.04. The minimum Gasteiger partial charge on any atom is -0.506 e. The van der Waals surface area contributed by atoms with Crippen LogP contribution in [-0.4, -0.2) is 16.3 Å². The zero-order chi connectivity index (χ0) is 17.1. The van der Waals surface area contributed by atoms with Crippen molar-refractivity contribution in [3.05, 3.63) is 84.6 Å². The summed E-state index contributed by atoms with van der Waals surface area (Å²) >= 11 is 0. The maximum atomic E-state index is 9.89. The Morgan fingerprint density at radius 1 is 0.840 bits per heavy atom. The third-order valence-electron chi connectivity index (χ3n) is 3.99. The van der Waals surface area contributed by atoms with Gasteiger partial charge in [-0.05, 0) is 30.3 Å². The number of hydrogen-bond donors (Lipinski definition) is 3. The molecule has 0 spiro atoms. The molecule has 4 nitrogen and oxygen atoms in total. The van der Waals surface area contributed by atoms with Crippen LogP contribution in [-0.2, 0) is 0 Å². The molecule has 1 aromatic heterocycles. The highest BCUT2D eigenvalue weighted by Gasteiger charge is 2.10. The Kier molecular flexibility index (Phi) is 3.92. The molecule has 4 heteroatoms. The van der Waals surface area contributed by atoms with Crippen LogP contribution in [0.15, 0.2) is 83.9 Å². The number of aromatic amines is 1. The fourth-order valence-electron chi connectivity index (χ4n) is 2.77. The lowest BCUT2D eigenvalue weighted by Crippen LogP contribution is -1.93. The number of phenolic OH excluding ortho intramolecular Hbond substituents is 1. The maximum Gasteiger partial charge on any atom is 0.141 e. The van der Waals surface area contributed by atoms with Crippen molar-refractivity contribution in [3.8, 4) is 5.75 Å². The van der Waals surface area contributed by atoms with Crippen LogP contribution in [0, 0.1) is 0 Å². The molecule has 0 atom stereocenters. The number of hydrogen-bond acceptors (Lipinski definition) is 3. The van der Waals surface area contributed by atoms with Crippen molar-refractivity contribution in [2.75, 3.05) is 5.32 Å². The SMILES string of the molecule is Oc1ccccc1N=Cc1[nH]c2ccccc2c1Nc1ccccc1. The van der Waals surface area contributed by atoms with E-state index in [2.05, 4.69) is 21.4 Å². The van der Waals surface area contributed by atoms with E-state index >= 15 is 0 Å². The summed E-state index contributed by atoms with van der Waals surface area (Å²) in [5.74, 6) is 0.160. The molecule has 4 aromatic rings. The molecule has 3 aromatic carbocycles. The average Bonchev–Trinajstić information content (AvgIpc) is 3.00. The van der Waals surface area contributed by atoms with E-state index in [1.165, 1.54) is 0 Å². The van der Waals surface area contributed by atoms with Gasteiger partial charge >= 0.3 is 0 Å². The first-order chi connectivity index (χ1) is 12.3. The van der Waals surface area contributed by atoms with Crippen molar-refractivity contribution in [1.29, 1.82) is 0 Å². The van der Waals surface area contributed by atoms with E-state index in [0.29, 0.717) is 5.69 Å². The second kappa shape index (κ2) is 6.53. The quantitative estimate of drug-likeness (QED) is 0.441. The van der Waals surface area contributed by atoms with Gasteiger partial charge in [-0.2, -0.15) is 0 Å². The van der Waals surface area contributed by atoms with Gasteiger partial charge in [-0.15, -0.1) is 0 Å². The molecular formula is C21H17N3O. The highest BCUT2D eigenvalue weighted by atomic mass is 16.3. The van der Waals surface area contributed by atoms with Gasteiger partial charge in [-0.1, -0.05) is 48.5 Å². The third-order valence-corrected chi connectivity index (χ3v) is 3.99. The minimum atomic E-state index is 0.160. The zero-order valence-electron chi connectivity index (χ0n) is 13.5. The van der Waals surface area contributed by atoms with Crippen LogP contribution in [0.1, 0.15) is 5.69 Å². The summed E-state index contributed by atoms with van der Waals surface area (Å²) in [6, 6.07) is 25.1. The molecule has 0 aliphatic heterocycles. The van der Waals surface area contributed by atoms with Gasteiger partial charge in [0.1, 0.15) is 11.4 Å². The number of fused-ring (bicyclic) bond motifs is 1. The molecule has 0 radical (unpaired) electrons. The molecule has 0 bridgehead atoms. The fraction of sp³-hybridized carbons (Fsp3) is 0. The van der Waals surface area contributed by atoms with Crippen LogP contribution in [0.2, 0.25) is 0 Å². The number of benzene rings is 3. The predicted octanol–water partition coefficient (Wildman–Crippen LogP) is 5.37. The molecule has 3 N–H and O–H groups in total. The average molecular weight is 327 g/mol. The number of nitrogens with one attached hydrogen (secondary N) is 2. The number of aliphatic imine (C=N–C) groups is 1. The van der Waals surface area contributed by atoms with Crippen molar-refractivity contribution < 1.29 is 5.11 Å². The van der Waals surface area contributed by atoms with E-state index in [9.17, 15) is 5.11 Å². The van der Waals surface area contributed by atoms with Gasteiger partial charge in [0, 0.05) is 16.6 Å². The van der Waals surface area contributed by atoms with Gasteiger partial charge < -0.3 is 15.4 Å².